The predicted molar refractivity (Wildman–Crippen MR) is 119 cm³/mol. The maximum absolute atomic E-state index is 12.7. The molecule has 7 heteroatoms. The lowest BCUT2D eigenvalue weighted by Crippen LogP contribution is -2.36. The minimum Gasteiger partial charge on any atom is -0.342 e. The van der Waals surface area contributed by atoms with Gasteiger partial charge in [-0.25, -0.2) is 0 Å². The molecule has 0 aromatic heterocycles. The molecule has 2 aromatic rings. The van der Waals surface area contributed by atoms with Crippen LogP contribution >= 0.6 is 0 Å². The quantitative estimate of drug-likeness (QED) is 0.790. The number of amides is 1. The summed E-state index contributed by atoms with van der Waals surface area (Å²) in [5.41, 5.74) is 3.02. The highest BCUT2D eigenvalue weighted by Gasteiger charge is 2.26. The molecular formula is C23H25N3O3S. The van der Waals surface area contributed by atoms with Gasteiger partial charge in [-0.2, -0.15) is 8.42 Å². The minimum absolute atomic E-state index is 0.0243. The van der Waals surface area contributed by atoms with Gasteiger partial charge in [0.05, 0.1) is 5.69 Å². The van der Waals surface area contributed by atoms with Crippen molar-refractivity contribution in [3.05, 3.63) is 66.2 Å². The van der Waals surface area contributed by atoms with Gasteiger partial charge in [0.1, 0.15) is 10.7 Å². The molecule has 30 heavy (non-hydrogen) atoms. The summed E-state index contributed by atoms with van der Waals surface area (Å²) in [6, 6.07) is 17.0. The molecule has 6 nitrogen and oxygen atoms in total. The van der Waals surface area contributed by atoms with E-state index in [1.54, 1.807) is 24.3 Å². The van der Waals surface area contributed by atoms with Gasteiger partial charge in [0.15, 0.2) is 0 Å². The number of rotatable bonds is 5. The molecule has 0 fully saturated rings. The molecule has 0 bridgehead atoms. The molecule has 0 radical (unpaired) electrons. The second kappa shape index (κ2) is 8.44. The topological polar surface area (TPSA) is 78.8 Å². The number of amidine groups is 1. The Bertz CT molecular complexity index is 1110. The lowest BCUT2D eigenvalue weighted by Gasteiger charge is -2.28. The Balaban J connectivity index is 1.35. The van der Waals surface area contributed by atoms with E-state index in [0.29, 0.717) is 37.5 Å². The van der Waals surface area contributed by atoms with Gasteiger partial charge in [-0.3, -0.25) is 4.79 Å². The van der Waals surface area contributed by atoms with Crippen molar-refractivity contribution in [3.63, 3.8) is 0 Å². The number of nitrogens with zero attached hydrogens (tertiary/aromatic N) is 2. The minimum atomic E-state index is -3.70. The molecule has 2 aliphatic rings. The number of carbonyl (C=O) groups is 1. The van der Waals surface area contributed by atoms with Crippen LogP contribution in [0.15, 0.2) is 70.0 Å². The predicted octanol–water partition coefficient (Wildman–Crippen LogP) is 3.93. The van der Waals surface area contributed by atoms with Gasteiger partial charge in [0, 0.05) is 25.9 Å². The number of para-hydroxylation sites is 1. The molecule has 2 heterocycles. The van der Waals surface area contributed by atoms with Gasteiger partial charge in [-0.05, 0) is 35.6 Å². The summed E-state index contributed by atoms with van der Waals surface area (Å²) in [6.45, 7) is 3.26. The zero-order chi connectivity index (χ0) is 21.1. The number of nitrogens with one attached hydrogen (secondary N) is 1. The lowest BCUT2D eigenvalue weighted by atomic mass is 9.98. The number of hydrogen-bond donors (Lipinski definition) is 1. The van der Waals surface area contributed by atoms with Crippen LogP contribution in [-0.2, 0) is 14.8 Å². The van der Waals surface area contributed by atoms with E-state index >= 15 is 0 Å². The summed E-state index contributed by atoms with van der Waals surface area (Å²) in [4.78, 5) is 14.8. The number of sulfonamides is 1. The smallest absolute Gasteiger partial charge is 0.286 e. The van der Waals surface area contributed by atoms with Crippen LogP contribution in [0, 0.1) is 5.92 Å². The molecule has 0 saturated carbocycles. The second-order valence-electron chi connectivity index (χ2n) is 7.83. The molecule has 1 atom stereocenters. The van der Waals surface area contributed by atoms with Crippen LogP contribution in [0.2, 0.25) is 0 Å². The molecule has 2 aromatic carbocycles. The average Bonchev–Trinajstić information content (AvgIpc) is 2.74. The summed E-state index contributed by atoms with van der Waals surface area (Å²) in [5, 5.41) is 3.10. The Morgan fingerprint density at radius 2 is 1.87 bits per heavy atom. The average molecular weight is 424 g/mol. The third-order valence-electron chi connectivity index (χ3n) is 5.45. The Labute approximate surface area is 177 Å². The van der Waals surface area contributed by atoms with Gasteiger partial charge in [-0.1, -0.05) is 55.5 Å². The highest BCUT2D eigenvalue weighted by atomic mass is 32.2. The van der Waals surface area contributed by atoms with Gasteiger partial charge in [0.25, 0.3) is 10.0 Å². The summed E-state index contributed by atoms with van der Waals surface area (Å²) >= 11 is 0. The summed E-state index contributed by atoms with van der Waals surface area (Å²) < 4.78 is 28.6. The van der Waals surface area contributed by atoms with Crippen LogP contribution in [0.5, 0.6) is 0 Å². The van der Waals surface area contributed by atoms with Gasteiger partial charge >= 0.3 is 0 Å². The first-order valence-electron chi connectivity index (χ1n) is 10.1. The first-order chi connectivity index (χ1) is 14.4. The zero-order valence-corrected chi connectivity index (χ0v) is 17.7. The Hall–Kier alpha value is -2.93. The zero-order valence-electron chi connectivity index (χ0n) is 16.9. The van der Waals surface area contributed by atoms with Gasteiger partial charge in [-0.15, -0.1) is 4.40 Å². The van der Waals surface area contributed by atoms with E-state index in [9.17, 15) is 13.2 Å². The molecule has 2 aliphatic heterocycles. The summed E-state index contributed by atoms with van der Waals surface area (Å²) in [6.07, 6.45) is 3.72. The van der Waals surface area contributed by atoms with Crippen LogP contribution in [0.4, 0.5) is 5.69 Å². The van der Waals surface area contributed by atoms with Crippen molar-refractivity contribution in [1.29, 1.82) is 0 Å². The molecule has 1 N–H and O–H groups in total. The molecule has 0 unspecified atom stereocenters. The van der Waals surface area contributed by atoms with Crippen molar-refractivity contribution in [3.8, 4) is 0 Å². The molecule has 4 rings (SSSR count). The number of anilines is 1. The van der Waals surface area contributed by atoms with Crippen LogP contribution in [0.25, 0.3) is 5.57 Å². The fourth-order valence-corrected chi connectivity index (χ4v) is 5.05. The number of hydrogen-bond acceptors (Lipinski definition) is 4. The van der Waals surface area contributed by atoms with Crippen LogP contribution < -0.4 is 5.32 Å². The van der Waals surface area contributed by atoms with Crippen molar-refractivity contribution in [1.82, 2.24) is 4.90 Å². The van der Waals surface area contributed by atoms with E-state index in [4.69, 9.17) is 0 Å². The first-order valence-corrected chi connectivity index (χ1v) is 11.6. The highest BCUT2D eigenvalue weighted by Crippen LogP contribution is 2.28. The van der Waals surface area contributed by atoms with Crippen molar-refractivity contribution in [2.75, 3.05) is 18.4 Å². The summed E-state index contributed by atoms with van der Waals surface area (Å²) in [5.74, 6) is 0.452. The maximum Gasteiger partial charge on any atom is 0.286 e. The van der Waals surface area contributed by atoms with E-state index in [1.165, 1.54) is 11.1 Å². The van der Waals surface area contributed by atoms with Crippen LogP contribution in [0.3, 0.4) is 0 Å². The first kappa shape index (κ1) is 20.3. The highest BCUT2D eigenvalue weighted by molar-refractivity contribution is 7.90. The molecule has 0 spiro atoms. The summed E-state index contributed by atoms with van der Waals surface area (Å²) in [7, 11) is -3.70. The van der Waals surface area contributed by atoms with E-state index in [2.05, 4.69) is 27.9 Å². The monoisotopic (exact) mass is 423 g/mol. The van der Waals surface area contributed by atoms with Crippen LogP contribution in [0.1, 0.15) is 31.7 Å². The Morgan fingerprint density at radius 1 is 1.13 bits per heavy atom. The third kappa shape index (κ3) is 4.46. The lowest BCUT2D eigenvalue weighted by molar-refractivity contribution is -0.131. The van der Waals surface area contributed by atoms with E-state index < -0.39 is 10.0 Å². The van der Waals surface area contributed by atoms with Crippen molar-refractivity contribution >= 4 is 33.0 Å². The van der Waals surface area contributed by atoms with Crippen molar-refractivity contribution < 1.29 is 13.2 Å². The molecule has 0 saturated heterocycles. The van der Waals surface area contributed by atoms with E-state index in [-0.39, 0.29) is 16.7 Å². The fourth-order valence-electron chi connectivity index (χ4n) is 3.90. The number of carbonyl (C=O) groups excluding carboxylic acids is 1. The molecule has 1 amide bonds. The fraction of sp³-hybridized carbons (Fsp3) is 0.304. The van der Waals surface area contributed by atoms with Crippen molar-refractivity contribution in [2.45, 2.75) is 31.1 Å². The number of fused-ring (bicyclic) bond motifs is 1. The normalized spacial score (nSPS) is 18.5. The van der Waals surface area contributed by atoms with Crippen molar-refractivity contribution in [2.24, 2.45) is 10.3 Å². The molecule has 156 valence electrons. The largest absolute Gasteiger partial charge is 0.342 e. The van der Waals surface area contributed by atoms with Gasteiger partial charge in [0.2, 0.25) is 5.91 Å². The van der Waals surface area contributed by atoms with Crippen LogP contribution in [-0.4, -0.2) is 38.2 Å². The SMILES string of the molecule is C[C@H](CC(=O)N1CC=C(c2ccccc2)CC1)CC1=NS(=O)(=O)c2ccccc2N1. The van der Waals surface area contributed by atoms with Gasteiger partial charge < -0.3 is 10.2 Å². The Kier molecular flexibility index (Phi) is 5.72. The number of benzene rings is 2. The molecular weight excluding hydrogens is 398 g/mol. The second-order valence-corrected chi connectivity index (χ2v) is 9.41. The standard InChI is InChI=1S/C23H25N3O3S/c1-17(15-22-24-20-9-5-6-10-21(20)30(28,29)25-22)16-23(27)26-13-11-19(12-14-26)18-7-3-2-4-8-18/h2-11,17H,12-16H2,1H3,(H,24,25)/t17-/m0/s1. The molecule has 0 aliphatic carbocycles. The van der Waals surface area contributed by atoms with E-state index in [0.717, 1.165) is 6.42 Å². The Morgan fingerprint density at radius 3 is 2.60 bits per heavy atom. The maximum atomic E-state index is 12.7. The third-order valence-corrected chi connectivity index (χ3v) is 6.82. The van der Waals surface area contributed by atoms with E-state index in [1.807, 2.05) is 30.0 Å².